The van der Waals surface area contributed by atoms with Crippen LogP contribution >= 0.6 is 23.2 Å². The van der Waals surface area contributed by atoms with Crippen molar-refractivity contribution in [3.8, 4) is 23.0 Å². The van der Waals surface area contributed by atoms with Gasteiger partial charge in [0.2, 0.25) is 17.6 Å². The van der Waals surface area contributed by atoms with Crippen molar-refractivity contribution in [2.75, 3.05) is 33.3 Å². The predicted molar refractivity (Wildman–Crippen MR) is 189 cm³/mol. The first kappa shape index (κ1) is 34.7. The van der Waals surface area contributed by atoms with Crippen LogP contribution in [-0.2, 0) is 24.6 Å². The molecule has 3 fully saturated rings. The standard InChI is InChI=1S/C38H37Cl2N3O8/c1-5-14-42-34(45)24-12-11-23-25(31(24)36(42)47)18-26-35(46)43(41-28-13-8-21(39)17-27(28)40)37(48)38(26,20-6-9-22(49-2)10-7-20)32(23)19-15-29(50-3)33(44)30(16-19)51-4/h6-11,13,15-17,24-26,31-32,41,44H,5,12,14,18H2,1-4H3. The Morgan fingerprint density at radius 3 is 2.18 bits per heavy atom. The molecule has 0 radical (unpaired) electrons. The molecule has 7 rings (SSSR count). The number of allylic oxidation sites excluding steroid dienone is 2. The Morgan fingerprint density at radius 1 is 0.882 bits per heavy atom. The topological polar surface area (TPSA) is 135 Å². The first-order valence-corrected chi connectivity index (χ1v) is 17.5. The Kier molecular flexibility index (Phi) is 8.91. The van der Waals surface area contributed by atoms with Crippen LogP contribution in [0, 0.1) is 23.7 Å². The van der Waals surface area contributed by atoms with Gasteiger partial charge in [0.05, 0.1) is 55.2 Å². The fraction of sp³-hybridized carbons (Fsp3) is 0.368. The van der Waals surface area contributed by atoms with Gasteiger partial charge >= 0.3 is 0 Å². The maximum Gasteiger partial charge on any atom is 0.260 e. The first-order chi connectivity index (χ1) is 24.5. The minimum absolute atomic E-state index is 0.100. The number of nitrogens with zero attached hydrogens (tertiary/aromatic N) is 2. The second-order valence-corrected chi connectivity index (χ2v) is 14.2. The van der Waals surface area contributed by atoms with Crippen LogP contribution in [0.4, 0.5) is 5.69 Å². The maximum absolute atomic E-state index is 15.4. The Labute approximate surface area is 305 Å². The van der Waals surface area contributed by atoms with Crippen LogP contribution in [0.5, 0.6) is 23.0 Å². The number of hydrogen-bond donors (Lipinski definition) is 2. The summed E-state index contributed by atoms with van der Waals surface area (Å²) in [5, 5.41) is 12.5. The summed E-state index contributed by atoms with van der Waals surface area (Å²) in [5.41, 5.74) is 3.51. The summed E-state index contributed by atoms with van der Waals surface area (Å²) in [7, 11) is 4.35. The Bertz CT molecular complexity index is 1960. The molecule has 2 N–H and O–H groups in total. The number of likely N-dealkylation sites (tertiary alicyclic amines) is 1. The Balaban J connectivity index is 1.49. The van der Waals surface area contributed by atoms with E-state index in [4.69, 9.17) is 37.4 Å². The van der Waals surface area contributed by atoms with Crippen molar-refractivity contribution in [2.45, 2.75) is 37.5 Å². The molecule has 4 amide bonds. The van der Waals surface area contributed by atoms with Gasteiger partial charge in [-0.1, -0.05) is 53.9 Å². The number of methoxy groups -OCH3 is 3. The van der Waals surface area contributed by atoms with Crippen LogP contribution < -0.4 is 19.6 Å². The number of halogens is 2. The quantitative estimate of drug-likeness (QED) is 0.197. The summed E-state index contributed by atoms with van der Waals surface area (Å²) in [6.45, 7) is 2.22. The summed E-state index contributed by atoms with van der Waals surface area (Å²) in [6.07, 6.45) is 2.99. The van der Waals surface area contributed by atoms with Crippen molar-refractivity contribution < 1.29 is 38.5 Å². The van der Waals surface area contributed by atoms with E-state index in [9.17, 15) is 19.5 Å². The third-order valence-electron chi connectivity index (χ3n) is 11.0. The van der Waals surface area contributed by atoms with Gasteiger partial charge in [-0.25, -0.2) is 0 Å². The molecule has 51 heavy (non-hydrogen) atoms. The number of rotatable bonds is 9. The fourth-order valence-corrected chi connectivity index (χ4v) is 9.26. The summed E-state index contributed by atoms with van der Waals surface area (Å²) in [5.74, 6) is -4.74. The monoisotopic (exact) mass is 733 g/mol. The molecular weight excluding hydrogens is 697 g/mol. The minimum atomic E-state index is -1.58. The van der Waals surface area contributed by atoms with Crippen LogP contribution in [0.3, 0.4) is 0 Å². The van der Waals surface area contributed by atoms with Crippen LogP contribution in [0.1, 0.15) is 43.2 Å². The number of hydrazine groups is 1. The molecule has 3 aromatic rings. The highest BCUT2D eigenvalue weighted by molar-refractivity contribution is 6.36. The molecule has 266 valence electrons. The van der Waals surface area contributed by atoms with Crippen molar-refractivity contribution in [1.82, 2.24) is 9.91 Å². The average molecular weight is 735 g/mol. The number of anilines is 1. The van der Waals surface area contributed by atoms with E-state index < -0.39 is 46.8 Å². The van der Waals surface area contributed by atoms with E-state index in [-0.39, 0.29) is 46.9 Å². The molecule has 0 aromatic heterocycles. The largest absolute Gasteiger partial charge is 0.502 e. The molecule has 13 heteroatoms. The summed E-state index contributed by atoms with van der Waals surface area (Å²) < 4.78 is 16.6. The highest BCUT2D eigenvalue weighted by Crippen LogP contribution is 2.65. The lowest BCUT2D eigenvalue weighted by molar-refractivity contribution is -0.141. The zero-order chi connectivity index (χ0) is 36.4. The molecule has 0 bridgehead atoms. The molecule has 6 unspecified atom stereocenters. The van der Waals surface area contributed by atoms with E-state index in [0.29, 0.717) is 40.6 Å². The van der Waals surface area contributed by atoms with Gasteiger partial charge in [0.1, 0.15) is 5.75 Å². The second-order valence-electron chi connectivity index (χ2n) is 13.3. The summed E-state index contributed by atoms with van der Waals surface area (Å²) >= 11 is 12.7. The van der Waals surface area contributed by atoms with E-state index in [0.717, 1.165) is 10.6 Å². The minimum Gasteiger partial charge on any atom is -0.502 e. The number of phenolic OH excluding ortho intramolecular Hbond substituents is 1. The molecule has 2 aliphatic heterocycles. The first-order valence-electron chi connectivity index (χ1n) is 16.8. The Morgan fingerprint density at radius 2 is 1.57 bits per heavy atom. The van der Waals surface area contributed by atoms with Crippen molar-refractivity contribution in [2.24, 2.45) is 23.7 Å². The second kappa shape index (κ2) is 13.1. The lowest BCUT2D eigenvalue weighted by Crippen LogP contribution is -2.53. The number of nitrogens with one attached hydrogen (secondary N) is 1. The number of ether oxygens (including phenoxy) is 3. The van der Waals surface area contributed by atoms with Crippen LogP contribution in [0.25, 0.3) is 0 Å². The molecule has 3 aromatic carbocycles. The van der Waals surface area contributed by atoms with Crippen LogP contribution in [-0.4, -0.2) is 66.5 Å². The zero-order valence-corrected chi connectivity index (χ0v) is 30.0. The fourth-order valence-electron chi connectivity index (χ4n) is 8.81. The number of amides is 4. The number of carbonyl (C=O) groups excluding carboxylic acids is 4. The van der Waals surface area contributed by atoms with Crippen LogP contribution in [0.2, 0.25) is 10.0 Å². The summed E-state index contributed by atoms with van der Waals surface area (Å²) in [4.78, 5) is 59.3. The van der Waals surface area contributed by atoms with Gasteiger partial charge < -0.3 is 19.3 Å². The van der Waals surface area contributed by atoms with E-state index in [1.807, 2.05) is 13.0 Å². The number of benzene rings is 3. The van der Waals surface area contributed by atoms with E-state index >= 15 is 4.79 Å². The van der Waals surface area contributed by atoms with Crippen molar-refractivity contribution in [3.63, 3.8) is 0 Å². The lowest BCUT2D eigenvalue weighted by atomic mass is 9.49. The van der Waals surface area contributed by atoms with Crippen molar-refractivity contribution >= 4 is 52.5 Å². The average Bonchev–Trinajstić information content (AvgIpc) is 3.50. The van der Waals surface area contributed by atoms with Gasteiger partial charge in [0.15, 0.2) is 11.5 Å². The third-order valence-corrected chi connectivity index (χ3v) is 11.5. The highest BCUT2D eigenvalue weighted by atomic mass is 35.5. The molecule has 6 atom stereocenters. The number of phenols is 1. The molecular formula is C38H37Cl2N3O8. The molecule has 2 saturated heterocycles. The molecule has 0 spiro atoms. The molecule has 1 saturated carbocycles. The highest BCUT2D eigenvalue weighted by Gasteiger charge is 2.70. The van der Waals surface area contributed by atoms with Gasteiger partial charge in [-0.05, 0) is 78.8 Å². The smallest absolute Gasteiger partial charge is 0.260 e. The predicted octanol–water partition coefficient (Wildman–Crippen LogP) is 6.12. The Hall–Kier alpha value is -4.74. The van der Waals surface area contributed by atoms with Gasteiger partial charge in [0, 0.05) is 17.5 Å². The van der Waals surface area contributed by atoms with E-state index in [1.54, 1.807) is 48.5 Å². The number of imide groups is 2. The van der Waals surface area contributed by atoms with Gasteiger partial charge in [-0.15, -0.1) is 0 Å². The lowest BCUT2D eigenvalue weighted by Gasteiger charge is -2.50. The third kappa shape index (κ3) is 5.15. The number of carbonyl (C=O) groups is 4. The van der Waals surface area contributed by atoms with Gasteiger partial charge in [-0.2, -0.15) is 5.01 Å². The molecule has 2 aliphatic carbocycles. The van der Waals surface area contributed by atoms with Crippen LogP contribution in [0.15, 0.2) is 66.2 Å². The normalized spacial score (nSPS) is 26.8. The number of hydrogen-bond acceptors (Lipinski definition) is 9. The van der Waals surface area contributed by atoms with E-state index in [2.05, 4.69) is 5.43 Å². The molecule has 4 aliphatic rings. The number of fused-ring (bicyclic) bond motifs is 4. The summed E-state index contributed by atoms with van der Waals surface area (Å²) in [6, 6.07) is 15.0. The number of aromatic hydroxyl groups is 1. The SMILES string of the molecule is CCCN1C(=O)C2CC=C3C(CC4C(=O)N(Nc5ccc(Cl)cc5Cl)C(=O)C4(c4ccc(OC)cc4)C3c3cc(OC)c(O)c(OC)c3)C2C1=O. The van der Waals surface area contributed by atoms with E-state index in [1.165, 1.54) is 32.3 Å². The van der Waals surface area contributed by atoms with Crippen molar-refractivity contribution in [3.05, 3.63) is 87.4 Å². The maximum atomic E-state index is 15.4. The molecule has 11 nitrogen and oxygen atoms in total. The molecule has 2 heterocycles. The zero-order valence-electron chi connectivity index (χ0n) is 28.4. The van der Waals surface area contributed by atoms with Gasteiger partial charge in [-0.3, -0.25) is 29.5 Å². The van der Waals surface area contributed by atoms with Gasteiger partial charge in [0.25, 0.3) is 11.8 Å². The van der Waals surface area contributed by atoms with Crippen molar-refractivity contribution in [1.29, 1.82) is 0 Å².